The molecule has 1 fully saturated rings. The van der Waals surface area contributed by atoms with Gasteiger partial charge in [-0.2, -0.15) is 0 Å². The van der Waals surface area contributed by atoms with Crippen molar-refractivity contribution in [2.75, 3.05) is 74.9 Å². The molecule has 12 aromatic rings. The Kier molecular flexibility index (Phi) is 49.7. The number of halogens is 5. The molecule has 0 heterocycles. The Labute approximate surface area is 813 Å². The first-order valence-electron chi connectivity index (χ1n) is 43.5. The number of nitrogens with one attached hydrogen (secondary N) is 8. The number of hydrogen-bond acceptors (Lipinski definition) is 16. The first kappa shape index (κ1) is 110. The second kappa shape index (κ2) is 61.3. The van der Waals surface area contributed by atoms with Crippen LogP contribution in [0.15, 0.2) is 308 Å². The maximum absolute atomic E-state index is 12.7. The third kappa shape index (κ3) is 47.7. The van der Waals surface area contributed by atoms with E-state index in [0.29, 0.717) is 87.4 Å². The summed E-state index contributed by atoms with van der Waals surface area (Å²) in [5.74, 6) is 3.56. The molecule has 0 radical (unpaired) electrons. The van der Waals surface area contributed by atoms with Crippen LogP contribution in [0.4, 0.5) is 92.6 Å². The van der Waals surface area contributed by atoms with Gasteiger partial charge in [0.15, 0.2) is 0 Å². The molecule has 24 nitrogen and oxygen atoms in total. The summed E-state index contributed by atoms with van der Waals surface area (Å²) >= 11 is 14.5. The topological polar surface area (TPSA) is 307 Å². The molecule has 136 heavy (non-hydrogen) atoms. The first-order chi connectivity index (χ1) is 65.1. The molecule has 0 spiro atoms. The number of carbonyl (C=O) groups is 8. The molecule has 3 atom stereocenters. The molecule has 12 aromatic carbocycles. The van der Waals surface area contributed by atoms with Crippen LogP contribution in [0.2, 0.25) is 5.02 Å². The van der Waals surface area contributed by atoms with Crippen molar-refractivity contribution in [3.8, 4) is 23.0 Å². The fourth-order valence-corrected chi connectivity index (χ4v) is 12.2. The number of ether oxygens (including phenoxy) is 8. The lowest BCUT2D eigenvalue weighted by atomic mass is 9.75. The van der Waals surface area contributed by atoms with Crippen molar-refractivity contribution in [2.45, 2.75) is 115 Å². The largest absolute Gasteiger partial charge is 0.449 e. The minimum atomic E-state index is -0.665. The molecule has 0 bridgehead atoms. The van der Waals surface area contributed by atoms with Crippen molar-refractivity contribution in [3.63, 3.8) is 0 Å². The van der Waals surface area contributed by atoms with Crippen LogP contribution in [0.25, 0.3) is 0 Å². The molecule has 0 unspecified atom stereocenters. The number of aryl methyl sites for hydroxylation is 9. The summed E-state index contributed by atoms with van der Waals surface area (Å²) in [6.07, 6.45) is 1.62. The Morgan fingerprint density at radius 3 is 0.897 bits per heavy atom. The minimum absolute atomic E-state index is 0.0409. The number of amides is 8. The highest BCUT2D eigenvalue weighted by atomic mass is 79.9. The number of alkyl halides is 2. The summed E-state index contributed by atoms with van der Waals surface area (Å²) in [5.41, 5.74) is 15.9. The molecule has 716 valence electrons. The average Bonchev–Trinajstić information content (AvgIpc) is 0.842. The van der Waals surface area contributed by atoms with Crippen molar-refractivity contribution in [3.05, 3.63) is 369 Å². The summed E-state index contributed by atoms with van der Waals surface area (Å²) in [4.78, 5) is 91.7. The van der Waals surface area contributed by atoms with Crippen molar-refractivity contribution in [2.24, 2.45) is 17.8 Å². The molecular formula is C107H117BrCl2F2N8O16. The van der Waals surface area contributed by atoms with Gasteiger partial charge in [0.05, 0.1) is 6.61 Å². The van der Waals surface area contributed by atoms with Gasteiger partial charge in [-0.25, -0.2) is 47.1 Å². The van der Waals surface area contributed by atoms with Crippen molar-refractivity contribution in [1.29, 1.82) is 0 Å². The van der Waals surface area contributed by atoms with Crippen molar-refractivity contribution in [1.82, 2.24) is 0 Å². The average molecular weight is 1960 g/mol. The van der Waals surface area contributed by atoms with E-state index in [1.807, 2.05) is 256 Å². The van der Waals surface area contributed by atoms with Crippen LogP contribution in [-0.2, 0) is 18.9 Å². The lowest BCUT2D eigenvalue weighted by Crippen LogP contribution is -2.36. The van der Waals surface area contributed by atoms with Crippen LogP contribution in [0, 0.1) is 85.9 Å². The van der Waals surface area contributed by atoms with Crippen LogP contribution in [-0.4, -0.2) is 87.2 Å². The lowest BCUT2D eigenvalue weighted by molar-refractivity contribution is 0.0126. The van der Waals surface area contributed by atoms with Gasteiger partial charge >= 0.3 is 48.7 Å². The van der Waals surface area contributed by atoms with Crippen molar-refractivity contribution < 1.29 is 85.0 Å². The van der Waals surface area contributed by atoms with E-state index in [1.165, 1.54) is 42.3 Å². The minimum Gasteiger partial charge on any atom is -0.449 e. The highest BCUT2D eigenvalue weighted by Gasteiger charge is 2.33. The SMILES string of the molecule is C=CCOC(=O)Nc1ccc(C)cc1.Cc1ccc(NC(=O)OCCCCl)cc1.Cc1ccc(NC(=O)OCCF)cc1.Cc1ccc(NC(=O)O[C@H]2C[C@H](C)CC[C@H]2C(C)C)cc1.Cc1ccc(NC(=O)Oc2ccc(Br)cc2)cc1.Cc1ccc(NC(=O)Oc2ccc(C)cc2)cc1.Cc1ccc(NC(=O)Oc2ccc(Cl)cc2)cc1.Cc1ccc(NC(=O)Oc2ccc(F)cc2)cc1. The van der Waals surface area contributed by atoms with Gasteiger partial charge in [0.1, 0.15) is 54.8 Å². The van der Waals surface area contributed by atoms with Crippen LogP contribution in [0.5, 0.6) is 23.0 Å². The summed E-state index contributed by atoms with van der Waals surface area (Å²) in [5, 5.41) is 21.7. The molecule has 0 aliphatic heterocycles. The van der Waals surface area contributed by atoms with Gasteiger partial charge < -0.3 is 37.9 Å². The summed E-state index contributed by atoms with van der Waals surface area (Å²) in [7, 11) is 0. The first-order valence-corrected chi connectivity index (χ1v) is 45.2. The van der Waals surface area contributed by atoms with E-state index in [-0.39, 0.29) is 31.2 Å². The highest BCUT2D eigenvalue weighted by Crippen LogP contribution is 2.36. The van der Waals surface area contributed by atoms with E-state index in [1.54, 1.807) is 72.8 Å². The molecule has 8 N–H and O–H groups in total. The Bertz CT molecular complexity index is 5000. The molecule has 1 saturated carbocycles. The molecular weight excluding hydrogens is 1840 g/mol. The fraction of sp³-hybridized carbons (Fsp3) is 0.234. The number of hydrogen-bond donors (Lipinski definition) is 8. The number of benzene rings is 12. The molecule has 13 rings (SSSR count). The van der Waals surface area contributed by atoms with Gasteiger partial charge in [0.25, 0.3) is 0 Å². The normalized spacial score (nSPS) is 12.2. The quantitative estimate of drug-likeness (QED) is 0.0143. The summed E-state index contributed by atoms with van der Waals surface area (Å²) in [6, 6.07) is 86.1. The Hall–Kier alpha value is -14.5. The fourth-order valence-electron chi connectivity index (χ4n) is 11.7. The van der Waals surface area contributed by atoms with Crippen LogP contribution >= 0.6 is 39.1 Å². The molecule has 29 heteroatoms. The maximum Gasteiger partial charge on any atom is 0.417 e. The third-order valence-electron chi connectivity index (χ3n) is 19.1. The Morgan fingerprint density at radius 2 is 0.618 bits per heavy atom. The van der Waals surface area contributed by atoms with Gasteiger partial charge in [-0.3, -0.25) is 42.5 Å². The number of rotatable bonds is 21. The van der Waals surface area contributed by atoms with Crippen LogP contribution in [0.1, 0.15) is 96.5 Å². The predicted molar refractivity (Wildman–Crippen MR) is 543 cm³/mol. The second-order valence-electron chi connectivity index (χ2n) is 31.3. The maximum atomic E-state index is 12.7. The van der Waals surface area contributed by atoms with E-state index in [0.717, 1.165) is 84.6 Å². The van der Waals surface area contributed by atoms with E-state index in [9.17, 15) is 47.1 Å². The lowest BCUT2D eigenvalue weighted by Gasteiger charge is -2.36. The zero-order chi connectivity index (χ0) is 99.1. The Balaban J connectivity index is 0.000000239. The zero-order valence-electron chi connectivity index (χ0n) is 78.1. The second-order valence-corrected chi connectivity index (χ2v) is 33.1. The van der Waals surface area contributed by atoms with E-state index in [2.05, 4.69) is 90.6 Å². The number of anilines is 8. The van der Waals surface area contributed by atoms with Crippen molar-refractivity contribution >= 4 is 133 Å². The number of carbonyl (C=O) groups excluding carboxylic acids is 8. The molecule has 0 saturated heterocycles. The van der Waals surface area contributed by atoms with Crippen LogP contribution in [0.3, 0.4) is 0 Å². The van der Waals surface area contributed by atoms with Gasteiger partial charge in [0, 0.05) is 60.9 Å². The van der Waals surface area contributed by atoms with Gasteiger partial charge in [0.2, 0.25) is 0 Å². The smallest absolute Gasteiger partial charge is 0.417 e. The predicted octanol–water partition coefficient (Wildman–Crippen LogP) is 29.7. The Morgan fingerprint density at radius 1 is 0.368 bits per heavy atom. The third-order valence-corrected chi connectivity index (χ3v) is 20.1. The molecule has 0 aromatic heterocycles. The summed E-state index contributed by atoms with van der Waals surface area (Å²) in [6.45, 7) is 27.7. The zero-order valence-corrected chi connectivity index (χ0v) is 81.2. The summed E-state index contributed by atoms with van der Waals surface area (Å²) < 4.78 is 65.5. The van der Waals surface area contributed by atoms with E-state index < -0.39 is 49.3 Å². The highest BCUT2D eigenvalue weighted by molar-refractivity contribution is 9.10. The van der Waals surface area contributed by atoms with Crippen LogP contribution < -0.4 is 61.5 Å². The van der Waals surface area contributed by atoms with Gasteiger partial charge in [-0.15, -0.1) is 11.6 Å². The van der Waals surface area contributed by atoms with Gasteiger partial charge in [-0.05, 0) is 281 Å². The van der Waals surface area contributed by atoms with Gasteiger partial charge in [-0.1, -0.05) is 227 Å². The molecule has 1 aliphatic carbocycles. The molecule has 8 amide bonds. The molecule has 1 aliphatic rings. The van der Waals surface area contributed by atoms with E-state index >= 15 is 0 Å². The monoisotopic (exact) mass is 1960 g/mol. The standard InChI is InChI=1S/C18H27NO2.C15H15NO2.C14H12BrNO2.C14H12ClNO2.C14H12FNO2.C11H14ClNO2.C11H13NO2.C10H12FNO2/c1-12(2)16-10-7-14(4)11-17(16)21-18(20)19-15-8-5-13(3)6-9-15;1-11-3-7-13(8-4-11)16-15(17)18-14-9-5-12(2)6-10-14;3*1-10-2-6-12(7-3-10)16-14(17)18-13-8-4-11(15)5-9-13;1-9-3-5-10(6-4-9)13-11(14)15-8-2-7-12;1-3-8-14-11(13)12-10-6-4-9(2)5-7-10;1-8-2-4-9(5-3-8)12-10(13)14-7-6-11/h5-6,8-9,12,14,16-17H,7,10-11H2,1-4H3,(H,19,20);3-10H,1-2H3,(H,16,17);3*2-9H,1H3,(H,16,17);3-6H,2,7-8H2,1H3,(H,13,14);3-7H,1,8H2,2H3,(H,12,13);2-5H,6-7H2,1H3,(H,12,13)/t14-,16+,17+;;;;;;;/m1......./s1. The van der Waals surface area contributed by atoms with E-state index in [4.69, 9.17) is 56.4 Å².